The molecule has 0 radical (unpaired) electrons. The van der Waals surface area contributed by atoms with Crippen molar-refractivity contribution < 1.29 is 9.59 Å². The average Bonchev–Trinajstić information content (AvgIpc) is 3.18. The van der Waals surface area contributed by atoms with Gasteiger partial charge in [0.15, 0.2) is 0 Å². The van der Waals surface area contributed by atoms with E-state index in [9.17, 15) is 9.59 Å². The number of carbonyl (C=O) groups excluding carboxylic acids is 2. The van der Waals surface area contributed by atoms with Crippen LogP contribution in [0.15, 0.2) is 30.5 Å². The third-order valence-electron chi connectivity index (χ3n) is 6.53. The summed E-state index contributed by atoms with van der Waals surface area (Å²) in [6.07, 6.45) is 7.80. The summed E-state index contributed by atoms with van der Waals surface area (Å²) in [4.78, 5) is 26.4. The number of nitrogens with zero attached hydrogens (tertiary/aromatic N) is 3. The fourth-order valence-electron chi connectivity index (χ4n) is 4.63. The van der Waals surface area contributed by atoms with Crippen molar-refractivity contribution in [3.8, 4) is 5.69 Å². The van der Waals surface area contributed by atoms with E-state index in [1.165, 1.54) is 11.3 Å². The summed E-state index contributed by atoms with van der Waals surface area (Å²) in [5.74, 6) is 0.191. The first-order valence-electron chi connectivity index (χ1n) is 11.6. The second-order valence-electron chi connectivity index (χ2n) is 9.86. The van der Waals surface area contributed by atoms with E-state index in [4.69, 9.17) is 0 Å². The number of piperidine rings is 1. The maximum Gasteiger partial charge on any atom is 0.222 e. The average molecular weight is 423 g/mol. The van der Waals surface area contributed by atoms with Crippen molar-refractivity contribution in [2.75, 3.05) is 13.1 Å². The fraction of sp³-hybridized carbons (Fsp3) is 0.560. The lowest BCUT2D eigenvalue weighted by Gasteiger charge is -2.27. The van der Waals surface area contributed by atoms with E-state index >= 15 is 0 Å². The van der Waals surface area contributed by atoms with E-state index in [0.717, 1.165) is 49.9 Å². The highest BCUT2D eigenvalue weighted by Crippen LogP contribution is 2.32. The van der Waals surface area contributed by atoms with Gasteiger partial charge >= 0.3 is 0 Å². The molecule has 1 aromatic carbocycles. The number of carbonyl (C=O) groups is 2. The molecule has 31 heavy (non-hydrogen) atoms. The molecule has 1 aromatic heterocycles. The Morgan fingerprint density at radius 2 is 1.90 bits per heavy atom. The molecule has 0 bridgehead atoms. The maximum absolute atomic E-state index is 12.6. The molecule has 1 N–H and O–H groups in total. The van der Waals surface area contributed by atoms with Gasteiger partial charge in [0.05, 0.1) is 17.9 Å². The molecule has 1 aliphatic carbocycles. The minimum absolute atomic E-state index is 0.00379. The highest BCUT2D eigenvalue weighted by Gasteiger charge is 2.27. The van der Waals surface area contributed by atoms with Gasteiger partial charge in [0.25, 0.3) is 0 Å². The standard InChI is InChI=1S/C25H34N4O2/c1-25(2,3)18-10-12-19(13-11-18)29-22-8-6-7-21(20(22)17-26-29)27-23(30)14-16-28-15-5-4-9-24(28)31/h10-13,17,21H,4-9,14-16H2,1-3H3,(H,27,30)/t21-/m1/s1. The molecule has 166 valence electrons. The van der Waals surface area contributed by atoms with Crippen LogP contribution in [-0.4, -0.2) is 39.6 Å². The highest BCUT2D eigenvalue weighted by molar-refractivity contribution is 5.79. The molecule has 4 rings (SSSR count). The molecule has 1 saturated heterocycles. The highest BCUT2D eigenvalue weighted by atomic mass is 16.2. The zero-order valence-electron chi connectivity index (χ0n) is 19.0. The molecule has 1 atom stereocenters. The lowest BCUT2D eigenvalue weighted by molar-refractivity contribution is -0.133. The Labute approximate surface area is 185 Å². The van der Waals surface area contributed by atoms with Crippen LogP contribution in [0.1, 0.15) is 82.2 Å². The molecular formula is C25H34N4O2. The Morgan fingerprint density at radius 3 is 2.61 bits per heavy atom. The van der Waals surface area contributed by atoms with Crippen LogP contribution in [-0.2, 0) is 21.4 Å². The van der Waals surface area contributed by atoms with Gasteiger partial charge in [-0.05, 0) is 55.2 Å². The van der Waals surface area contributed by atoms with E-state index in [0.29, 0.717) is 19.4 Å². The van der Waals surface area contributed by atoms with Gasteiger partial charge < -0.3 is 10.2 Å². The summed E-state index contributed by atoms with van der Waals surface area (Å²) in [7, 11) is 0. The van der Waals surface area contributed by atoms with Crippen molar-refractivity contribution in [3.05, 3.63) is 47.3 Å². The molecule has 0 saturated carbocycles. The number of rotatable bonds is 5. The maximum atomic E-state index is 12.6. The summed E-state index contributed by atoms with van der Waals surface area (Å²) in [6, 6.07) is 8.61. The lowest BCUT2D eigenvalue weighted by atomic mass is 9.87. The van der Waals surface area contributed by atoms with Crippen molar-refractivity contribution in [1.82, 2.24) is 20.0 Å². The molecule has 6 heteroatoms. The monoisotopic (exact) mass is 422 g/mol. The first-order valence-corrected chi connectivity index (χ1v) is 11.6. The van der Waals surface area contributed by atoms with Gasteiger partial charge in [-0.1, -0.05) is 32.9 Å². The molecule has 1 fully saturated rings. The van der Waals surface area contributed by atoms with Crippen molar-refractivity contribution >= 4 is 11.8 Å². The second kappa shape index (κ2) is 8.85. The number of hydrogen-bond acceptors (Lipinski definition) is 3. The summed E-state index contributed by atoms with van der Waals surface area (Å²) >= 11 is 0. The minimum Gasteiger partial charge on any atom is -0.349 e. The van der Waals surface area contributed by atoms with E-state index in [1.807, 2.05) is 15.8 Å². The largest absolute Gasteiger partial charge is 0.349 e. The van der Waals surface area contributed by atoms with Crippen molar-refractivity contribution in [1.29, 1.82) is 0 Å². The molecule has 0 unspecified atom stereocenters. The molecule has 2 aliphatic rings. The first kappa shape index (κ1) is 21.6. The Bertz CT molecular complexity index is 939. The molecular weight excluding hydrogens is 388 g/mol. The fourth-order valence-corrected chi connectivity index (χ4v) is 4.63. The Morgan fingerprint density at radius 1 is 1.13 bits per heavy atom. The number of amides is 2. The second-order valence-corrected chi connectivity index (χ2v) is 9.86. The molecule has 1 aliphatic heterocycles. The van der Waals surface area contributed by atoms with Gasteiger partial charge in [0, 0.05) is 37.2 Å². The zero-order valence-corrected chi connectivity index (χ0v) is 19.0. The molecule has 2 amide bonds. The number of nitrogens with one attached hydrogen (secondary N) is 1. The molecule has 2 heterocycles. The summed E-state index contributed by atoms with van der Waals surface area (Å²) < 4.78 is 2.02. The third kappa shape index (κ3) is 4.83. The Balaban J connectivity index is 1.42. The van der Waals surface area contributed by atoms with Gasteiger partial charge in [-0.25, -0.2) is 4.68 Å². The van der Waals surface area contributed by atoms with Gasteiger partial charge in [0.1, 0.15) is 0 Å². The van der Waals surface area contributed by atoms with E-state index < -0.39 is 0 Å². The van der Waals surface area contributed by atoms with Crippen LogP contribution in [0.4, 0.5) is 0 Å². The van der Waals surface area contributed by atoms with Gasteiger partial charge in [-0.3, -0.25) is 9.59 Å². The van der Waals surface area contributed by atoms with Gasteiger partial charge in [-0.15, -0.1) is 0 Å². The summed E-state index contributed by atoms with van der Waals surface area (Å²) in [6.45, 7) is 7.94. The van der Waals surface area contributed by atoms with E-state index in [1.54, 1.807) is 0 Å². The molecule has 2 aromatic rings. The lowest BCUT2D eigenvalue weighted by Crippen LogP contribution is -2.39. The predicted octanol–water partition coefficient (Wildman–Crippen LogP) is 4.07. The number of likely N-dealkylation sites (tertiary alicyclic amines) is 1. The number of hydrogen-bond donors (Lipinski definition) is 1. The van der Waals surface area contributed by atoms with Crippen LogP contribution < -0.4 is 5.32 Å². The van der Waals surface area contributed by atoms with Gasteiger partial charge in [-0.2, -0.15) is 5.10 Å². The van der Waals surface area contributed by atoms with E-state index in [2.05, 4.69) is 55.5 Å². The first-order chi connectivity index (χ1) is 14.8. The molecule has 0 spiro atoms. The zero-order chi connectivity index (χ0) is 22.0. The van der Waals surface area contributed by atoms with Crippen LogP contribution in [0.2, 0.25) is 0 Å². The van der Waals surface area contributed by atoms with Crippen molar-refractivity contribution in [2.24, 2.45) is 0 Å². The predicted molar refractivity (Wildman–Crippen MR) is 121 cm³/mol. The number of fused-ring (bicyclic) bond motifs is 1. The van der Waals surface area contributed by atoms with Crippen LogP contribution >= 0.6 is 0 Å². The number of aromatic nitrogens is 2. The smallest absolute Gasteiger partial charge is 0.222 e. The quantitative estimate of drug-likeness (QED) is 0.790. The SMILES string of the molecule is CC(C)(C)c1ccc(-n2ncc3c2CCC[C@H]3NC(=O)CCN2CCCCC2=O)cc1. The van der Waals surface area contributed by atoms with E-state index in [-0.39, 0.29) is 23.3 Å². The van der Waals surface area contributed by atoms with Crippen molar-refractivity contribution in [2.45, 2.75) is 77.2 Å². The minimum atomic E-state index is -0.00379. The number of benzene rings is 1. The molecule has 6 nitrogen and oxygen atoms in total. The summed E-state index contributed by atoms with van der Waals surface area (Å²) in [5, 5.41) is 7.85. The van der Waals surface area contributed by atoms with Crippen LogP contribution in [0.3, 0.4) is 0 Å². The normalized spacial score (nSPS) is 19.3. The van der Waals surface area contributed by atoms with Crippen LogP contribution in [0.25, 0.3) is 5.69 Å². The summed E-state index contributed by atoms with van der Waals surface area (Å²) in [5.41, 5.74) is 4.79. The Hall–Kier alpha value is -2.63. The Kier molecular flexibility index (Phi) is 6.17. The third-order valence-corrected chi connectivity index (χ3v) is 6.53. The topological polar surface area (TPSA) is 67.2 Å². The van der Waals surface area contributed by atoms with Crippen LogP contribution in [0.5, 0.6) is 0 Å². The van der Waals surface area contributed by atoms with Crippen molar-refractivity contribution in [3.63, 3.8) is 0 Å². The van der Waals surface area contributed by atoms with Gasteiger partial charge in [0.2, 0.25) is 11.8 Å². The van der Waals surface area contributed by atoms with Crippen LogP contribution in [0, 0.1) is 0 Å².